The number of carbonyl (C=O) groups excluding carboxylic acids is 1. The number of rotatable bonds is 4. The van der Waals surface area contributed by atoms with E-state index in [0.717, 1.165) is 44.7 Å². The average Bonchev–Trinajstić information content (AvgIpc) is 2.55. The van der Waals surface area contributed by atoms with Crippen LogP contribution in [0.15, 0.2) is 24.4 Å². The summed E-state index contributed by atoms with van der Waals surface area (Å²) < 4.78 is 11.4. The van der Waals surface area contributed by atoms with Gasteiger partial charge >= 0.3 is 0 Å². The van der Waals surface area contributed by atoms with E-state index in [-0.39, 0.29) is 17.4 Å². The Kier molecular flexibility index (Phi) is 4.74. The number of ether oxygens (including phenoxy) is 2. The van der Waals surface area contributed by atoms with Gasteiger partial charge in [-0.3, -0.25) is 9.78 Å². The van der Waals surface area contributed by atoms with Gasteiger partial charge in [0.25, 0.3) is 0 Å². The lowest BCUT2D eigenvalue weighted by atomic mass is 9.73. The minimum atomic E-state index is -0.0367. The van der Waals surface area contributed by atoms with Crippen LogP contribution in [0.5, 0.6) is 0 Å². The number of hydrogen-bond donors (Lipinski definition) is 0. The van der Waals surface area contributed by atoms with Gasteiger partial charge in [0.05, 0.1) is 19.1 Å². The van der Waals surface area contributed by atoms with Crippen molar-refractivity contribution < 1.29 is 14.3 Å². The van der Waals surface area contributed by atoms with Crippen LogP contribution in [0.4, 0.5) is 0 Å². The van der Waals surface area contributed by atoms with Crippen LogP contribution in [0.3, 0.4) is 0 Å². The van der Waals surface area contributed by atoms with Gasteiger partial charge in [0, 0.05) is 44.1 Å². The Labute approximate surface area is 131 Å². The zero-order valence-corrected chi connectivity index (χ0v) is 13.2. The standard InChI is InChI=1S/C17H24N2O3/c1-21-13-17-7-4-10-22-15(17)6-9-19(12-17)16(20)11-14-5-2-3-8-18-14/h2-3,5,8,15H,4,6-7,9-13H2,1H3/t15-,17+/m1/s1. The van der Waals surface area contributed by atoms with Crippen LogP contribution in [0.25, 0.3) is 0 Å². The van der Waals surface area contributed by atoms with Crippen molar-refractivity contribution in [1.29, 1.82) is 0 Å². The number of aromatic nitrogens is 1. The molecule has 2 aliphatic heterocycles. The van der Waals surface area contributed by atoms with Crippen LogP contribution >= 0.6 is 0 Å². The minimum Gasteiger partial charge on any atom is -0.384 e. The molecule has 1 aromatic heterocycles. The second-order valence-corrected chi connectivity index (χ2v) is 6.36. The van der Waals surface area contributed by atoms with Gasteiger partial charge in [-0.15, -0.1) is 0 Å². The van der Waals surface area contributed by atoms with Crippen molar-refractivity contribution in [2.24, 2.45) is 5.41 Å². The minimum absolute atomic E-state index is 0.0367. The van der Waals surface area contributed by atoms with E-state index < -0.39 is 0 Å². The fourth-order valence-electron chi connectivity index (χ4n) is 3.77. The monoisotopic (exact) mass is 304 g/mol. The first-order chi connectivity index (χ1) is 10.7. The summed E-state index contributed by atoms with van der Waals surface area (Å²) >= 11 is 0. The summed E-state index contributed by atoms with van der Waals surface area (Å²) in [5.41, 5.74) is 0.792. The largest absolute Gasteiger partial charge is 0.384 e. The van der Waals surface area contributed by atoms with Crippen LogP contribution in [0.2, 0.25) is 0 Å². The first-order valence-corrected chi connectivity index (χ1v) is 8.02. The molecule has 1 amide bonds. The molecule has 0 aromatic carbocycles. The highest BCUT2D eigenvalue weighted by Gasteiger charge is 2.46. The zero-order valence-electron chi connectivity index (χ0n) is 13.2. The van der Waals surface area contributed by atoms with Gasteiger partial charge in [-0.1, -0.05) is 6.07 Å². The fourth-order valence-corrected chi connectivity index (χ4v) is 3.77. The van der Waals surface area contributed by atoms with E-state index in [1.54, 1.807) is 13.3 Å². The molecular weight excluding hydrogens is 280 g/mol. The number of pyridine rings is 1. The first kappa shape index (κ1) is 15.4. The van der Waals surface area contributed by atoms with E-state index in [1.165, 1.54) is 0 Å². The second-order valence-electron chi connectivity index (χ2n) is 6.36. The summed E-state index contributed by atoms with van der Waals surface area (Å²) in [7, 11) is 1.73. The van der Waals surface area contributed by atoms with Crippen LogP contribution in [0, 0.1) is 5.41 Å². The number of piperidine rings is 1. The van der Waals surface area contributed by atoms with Crippen LogP contribution < -0.4 is 0 Å². The van der Waals surface area contributed by atoms with Crippen molar-refractivity contribution in [1.82, 2.24) is 9.88 Å². The van der Waals surface area contributed by atoms with E-state index in [9.17, 15) is 4.79 Å². The Morgan fingerprint density at radius 2 is 2.45 bits per heavy atom. The molecule has 5 heteroatoms. The molecule has 0 radical (unpaired) electrons. The van der Waals surface area contributed by atoms with E-state index in [1.807, 2.05) is 23.1 Å². The summed E-state index contributed by atoms with van der Waals surface area (Å²) in [4.78, 5) is 18.8. The van der Waals surface area contributed by atoms with Gasteiger partial charge in [0.1, 0.15) is 0 Å². The summed E-state index contributed by atoms with van der Waals surface area (Å²) in [6.45, 7) is 2.99. The van der Waals surface area contributed by atoms with Crippen molar-refractivity contribution in [2.75, 3.05) is 33.4 Å². The molecule has 0 saturated carbocycles. The maximum Gasteiger partial charge on any atom is 0.228 e. The number of carbonyl (C=O) groups is 1. The van der Waals surface area contributed by atoms with Crippen LogP contribution in [0.1, 0.15) is 25.0 Å². The number of likely N-dealkylation sites (tertiary alicyclic amines) is 1. The molecule has 3 rings (SSSR count). The smallest absolute Gasteiger partial charge is 0.228 e. The third-order valence-electron chi connectivity index (χ3n) is 4.83. The number of methoxy groups -OCH3 is 1. The van der Waals surface area contributed by atoms with Crippen molar-refractivity contribution in [3.8, 4) is 0 Å². The quantitative estimate of drug-likeness (QED) is 0.849. The molecule has 3 heterocycles. The Hall–Kier alpha value is -1.46. The third kappa shape index (κ3) is 3.15. The Balaban J connectivity index is 1.68. The molecule has 0 spiro atoms. The molecule has 2 fully saturated rings. The second kappa shape index (κ2) is 6.75. The molecule has 0 bridgehead atoms. The van der Waals surface area contributed by atoms with Gasteiger partial charge in [-0.25, -0.2) is 0 Å². The average molecular weight is 304 g/mol. The maximum atomic E-state index is 12.6. The molecule has 0 aliphatic carbocycles. The summed E-state index contributed by atoms with van der Waals surface area (Å²) in [6, 6.07) is 5.69. The SMILES string of the molecule is COC[C@@]12CCCO[C@@H]1CCN(C(=O)Cc1ccccn1)C2. The molecule has 2 atom stereocenters. The van der Waals surface area contributed by atoms with Gasteiger partial charge in [-0.2, -0.15) is 0 Å². The normalized spacial score (nSPS) is 28.2. The molecule has 2 saturated heterocycles. The highest BCUT2D eigenvalue weighted by atomic mass is 16.5. The molecule has 5 nitrogen and oxygen atoms in total. The van der Waals surface area contributed by atoms with Crippen LogP contribution in [-0.2, 0) is 20.7 Å². The molecule has 1 aromatic rings. The Morgan fingerprint density at radius 1 is 1.55 bits per heavy atom. The third-order valence-corrected chi connectivity index (χ3v) is 4.83. The predicted molar refractivity (Wildman–Crippen MR) is 82.4 cm³/mol. The van der Waals surface area contributed by atoms with E-state index >= 15 is 0 Å². The Bertz CT molecular complexity index is 504. The topological polar surface area (TPSA) is 51.7 Å². The van der Waals surface area contributed by atoms with Crippen LogP contribution in [-0.4, -0.2) is 55.3 Å². The lowest BCUT2D eigenvalue weighted by Gasteiger charge is -2.50. The summed E-state index contributed by atoms with van der Waals surface area (Å²) in [5, 5.41) is 0. The summed E-state index contributed by atoms with van der Waals surface area (Å²) in [6.07, 6.45) is 5.34. The number of fused-ring (bicyclic) bond motifs is 1. The molecule has 22 heavy (non-hydrogen) atoms. The van der Waals surface area contributed by atoms with Gasteiger partial charge in [-0.05, 0) is 31.4 Å². The molecular formula is C17H24N2O3. The Morgan fingerprint density at radius 3 is 3.23 bits per heavy atom. The van der Waals surface area contributed by atoms with Gasteiger partial charge < -0.3 is 14.4 Å². The molecule has 2 aliphatic rings. The zero-order chi connectivity index (χ0) is 15.4. The first-order valence-electron chi connectivity index (χ1n) is 8.02. The summed E-state index contributed by atoms with van der Waals surface area (Å²) in [5.74, 6) is 0.151. The molecule has 0 unspecified atom stereocenters. The van der Waals surface area contributed by atoms with Crippen molar-refractivity contribution in [2.45, 2.75) is 31.8 Å². The lowest BCUT2D eigenvalue weighted by Crippen LogP contribution is -2.58. The predicted octanol–water partition coefficient (Wildman–Crippen LogP) is 1.67. The fraction of sp³-hybridized carbons (Fsp3) is 0.647. The molecule has 0 N–H and O–H groups in total. The maximum absolute atomic E-state index is 12.6. The highest BCUT2D eigenvalue weighted by molar-refractivity contribution is 5.78. The van der Waals surface area contributed by atoms with E-state index in [2.05, 4.69) is 4.98 Å². The highest BCUT2D eigenvalue weighted by Crippen LogP contribution is 2.40. The molecule has 120 valence electrons. The van der Waals surface area contributed by atoms with E-state index in [4.69, 9.17) is 9.47 Å². The van der Waals surface area contributed by atoms with Crippen molar-refractivity contribution in [3.63, 3.8) is 0 Å². The van der Waals surface area contributed by atoms with Crippen molar-refractivity contribution >= 4 is 5.91 Å². The van der Waals surface area contributed by atoms with Crippen molar-refractivity contribution in [3.05, 3.63) is 30.1 Å². The number of nitrogens with zero attached hydrogens (tertiary/aromatic N) is 2. The number of hydrogen-bond acceptors (Lipinski definition) is 4. The lowest BCUT2D eigenvalue weighted by molar-refractivity contribution is -0.161. The number of amides is 1. The van der Waals surface area contributed by atoms with E-state index in [0.29, 0.717) is 13.0 Å². The van der Waals surface area contributed by atoms with Gasteiger partial charge in [0.2, 0.25) is 5.91 Å². The van der Waals surface area contributed by atoms with Gasteiger partial charge in [0.15, 0.2) is 0 Å².